The Hall–Kier alpha value is -1.92. The van der Waals surface area contributed by atoms with Crippen LogP contribution in [0.4, 0.5) is 15.0 Å². The smallest absolute Gasteiger partial charge is 0.410 e. The van der Waals surface area contributed by atoms with Gasteiger partial charge in [0.25, 0.3) is 0 Å². The Kier molecular flexibility index (Phi) is 4.12. The van der Waals surface area contributed by atoms with Gasteiger partial charge in [-0.05, 0) is 33.6 Å². The fourth-order valence-corrected chi connectivity index (χ4v) is 3.00. The van der Waals surface area contributed by atoms with Gasteiger partial charge in [0.15, 0.2) is 0 Å². The lowest BCUT2D eigenvalue weighted by Crippen LogP contribution is -2.40. The molecule has 0 N–H and O–H groups in total. The molecule has 23 heavy (non-hydrogen) atoms. The third-order valence-electron chi connectivity index (χ3n) is 4.07. The van der Waals surface area contributed by atoms with Crippen LogP contribution in [-0.2, 0) is 17.7 Å². The van der Waals surface area contributed by atoms with Gasteiger partial charge in [-0.2, -0.15) is 0 Å². The lowest BCUT2D eigenvalue weighted by molar-refractivity contribution is 0.0221. The highest BCUT2D eigenvalue weighted by molar-refractivity contribution is 5.69. The quantitative estimate of drug-likeness (QED) is 0.794. The molecule has 1 atom stereocenters. The van der Waals surface area contributed by atoms with E-state index in [4.69, 9.17) is 4.74 Å². The van der Waals surface area contributed by atoms with Crippen LogP contribution >= 0.6 is 0 Å². The van der Waals surface area contributed by atoms with Crippen molar-refractivity contribution in [2.45, 2.75) is 51.9 Å². The Morgan fingerprint density at radius 2 is 2.13 bits per heavy atom. The standard InChI is InChI=1S/C16H23FN4O2/c1-16(2,3)23-15(22)21-7-5-12-13(9-21)18-10-19-14(12)20-6-4-11(17)8-20/h10-11H,4-9H2,1-3H3/t11-/m1/s1. The predicted molar refractivity (Wildman–Crippen MR) is 84.1 cm³/mol. The second-order valence-electron chi connectivity index (χ2n) is 7.11. The fraction of sp³-hybridized carbons (Fsp3) is 0.688. The lowest BCUT2D eigenvalue weighted by atomic mass is 10.1. The Bertz CT molecular complexity index is 602. The molecule has 126 valence electrons. The van der Waals surface area contributed by atoms with Crippen LogP contribution in [-0.4, -0.2) is 52.4 Å². The first-order valence-corrected chi connectivity index (χ1v) is 8.03. The van der Waals surface area contributed by atoms with Crippen LogP contribution < -0.4 is 4.90 Å². The number of hydrogen-bond acceptors (Lipinski definition) is 5. The number of carbonyl (C=O) groups is 1. The first kappa shape index (κ1) is 16.0. The lowest BCUT2D eigenvalue weighted by Gasteiger charge is -2.32. The Balaban J connectivity index is 1.76. The maximum Gasteiger partial charge on any atom is 0.410 e. The van der Waals surface area contributed by atoms with Crippen molar-refractivity contribution >= 4 is 11.9 Å². The van der Waals surface area contributed by atoms with Gasteiger partial charge in [0.05, 0.1) is 18.8 Å². The molecule has 1 fully saturated rings. The van der Waals surface area contributed by atoms with Crippen molar-refractivity contribution < 1.29 is 13.9 Å². The molecule has 0 saturated carbocycles. The first-order chi connectivity index (χ1) is 10.8. The minimum absolute atomic E-state index is 0.326. The van der Waals surface area contributed by atoms with Crippen LogP contribution in [0.2, 0.25) is 0 Å². The van der Waals surface area contributed by atoms with Gasteiger partial charge in [-0.3, -0.25) is 0 Å². The number of amides is 1. The number of nitrogens with zero attached hydrogens (tertiary/aromatic N) is 4. The largest absolute Gasteiger partial charge is 0.444 e. The number of aromatic nitrogens is 2. The van der Waals surface area contributed by atoms with E-state index in [1.807, 2.05) is 25.7 Å². The molecule has 1 aromatic heterocycles. The average molecular weight is 322 g/mol. The Morgan fingerprint density at radius 3 is 2.78 bits per heavy atom. The van der Waals surface area contributed by atoms with Crippen LogP contribution in [0.3, 0.4) is 0 Å². The zero-order valence-corrected chi connectivity index (χ0v) is 13.9. The number of hydrogen-bond donors (Lipinski definition) is 0. The molecule has 0 aromatic carbocycles. The Labute approximate surface area is 135 Å². The van der Waals surface area contributed by atoms with Crippen molar-refractivity contribution in [3.05, 3.63) is 17.6 Å². The summed E-state index contributed by atoms with van der Waals surface area (Å²) in [6.45, 7) is 7.60. The molecule has 1 saturated heterocycles. The summed E-state index contributed by atoms with van der Waals surface area (Å²) in [5.41, 5.74) is 1.34. The molecule has 3 heterocycles. The van der Waals surface area contributed by atoms with Crippen molar-refractivity contribution in [2.75, 3.05) is 24.5 Å². The third-order valence-corrected chi connectivity index (χ3v) is 4.07. The van der Waals surface area contributed by atoms with E-state index < -0.39 is 11.8 Å². The summed E-state index contributed by atoms with van der Waals surface area (Å²) in [5, 5.41) is 0. The van der Waals surface area contributed by atoms with Crippen molar-refractivity contribution in [3.63, 3.8) is 0 Å². The maximum absolute atomic E-state index is 13.5. The van der Waals surface area contributed by atoms with Crippen molar-refractivity contribution in [1.29, 1.82) is 0 Å². The van der Waals surface area contributed by atoms with E-state index in [0.717, 1.165) is 17.1 Å². The highest BCUT2D eigenvalue weighted by atomic mass is 19.1. The summed E-state index contributed by atoms with van der Waals surface area (Å²) in [4.78, 5) is 24.5. The van der Waals surface area contributed by atoms with E-state index >= 15 is 0 Å². The summed E-state index contributed by atoms with van der Waals surface area (Å²) in [5.74, 6) is 0.819. The fourth-order valence-electron chi connectivity index (χ4n) is 3.00. The molecule has 0 spiro atoms. The van der Waals surface area contributed by atoms with E-state index in [9.17, 15) is 9.18 Å². The molecular formula is C16H23FN4O2. The molecule has 0 aliphatic carbocycles. The van der Waals surface area contributed by atoms with Crippen molar-refractivity contribution in [1.82, 2.24) is 14.9 Å². The van der Waals surface area contributed by atoms with Gasteiger partial charge in [-0.25, -0.2) is 19.2 Å². The number of fused-ring (bicyclic) bond motifs is 1. The third kappa shape index (κ3) is 3.54. The summed E-state index contributed by atoms with van der Waals surface area (Å²) >= 11 is 0. The van der Waals surface area contributed by atoms with Crippen LogP contribution in [0.25, 0.3) is 0 Å². The number of halogens is 1. The van der Waals surface area contributed by atoms with Gasteiger partial charge < -0.3 is 14.5 Å². The molecule has 6 nitrogen and oxygen atoms in total. The van der Waals surface area contributed by atoms with Crippen LogP contribution in [0.5, 0.6) is 0 Å². The van der Waals surface area contributed by atoms with Crippen LogP contribution in [0.15, 0.2) is 6.33 Å². The second-order valence-corrected chi connectivity index (χ2v) is 7.11. The summed E-state index contributed by atoms with van der Waals surface area (Å²) in [6.07, 6.45) is 1.59. The topological polar surface area (TPSA) is 58.6 Å². The highest BCUT2D eigenvalue weighted by Crippen LogP contribution is 2.29. The second kappa shape index (κ2) is 5.94. The van der Waals surface area contributed by atoms with Crippen LogP contribution in [0, 0.1) is 0 Å². The predicted octanol–water partition coefficient (Wildman–Crippen LogP) is 2.32. The number of ether oxygens (including phenoxy) is 1. The molecular weight excluding hydrogens is 299 g/mol. The summed E-state index contributed by atoms with van der Waals surface area (Å²) in [6, 6.07) is 0. The van der Waals surface area contributed by atoms with Gasteiger partial charge in [-0.15, -0.1) is 0 Å². The molecule has 3 rings (SSSR count). The van der Waals surface area contributed by atoms with Gasteiger partial charge in [-0.1, -0.05) is 0 Å². The minimum atomic E-state index is -0.789. The van der Waals surface area contributed by atoms with Crippen molar-refractivity contribution in [3.8, 4) is 0 Å². The monoisotopic (exact) mass is 322 g/mol. The number of anilines is 1. The van der Waals surface area contributed by atoms with Gasteiger partial charge in [0.1, 0.15) is 23.9 Å². The zero-order chi connectivity index (χ0) is 16.6. The number of rotatable bonds is 1. The molecule has 2 aliphatic heterocycles. The summed E-state index contributed by atoms with van der Waals surface area (Å²) < 4.78 is 18.9. The van der Waals surface area contributed by atoms with E-state index in [1.54, 1.807) is 4.90 Å². The number of alkyl halides is 1. The highest BCUT2D eigenvalue weighted by Gasteiger charge is 2.31. The van der Waals surface area contributed by atoms with Crippen LogP contribution in [0.1, 0.15) is 38.4 Å². The SMILES string of the molecule is CC(C)(C)OC(=O)N1CCc2c(ncnc2N2CC[C@@H](F)C2)C1. The van der Waals surface area contributed by atoms with E-state index in [2.05, 4.69) is 9.97 Å². The van der Waals surface area contributed by atoms with Gasteiger partial charge in [0.2, 0.25) is 0 Å². The van der Waals surface area contributed by atoms with Gasteiger partial charge >= 0.3 is 6.09 Å². The zero-order valence-electron chi connectivity index (χ0n) is 13.9. The normalized spacial score (nSPS) is 21.3. The minimum Gasteiger partial charge on any atom is -0.444 e. The molecule has 2 aliphatic rings. The maximum atomic E-state index is 13.5. The molecule has 7 heteroatoms. The van der Waals surface area contributed by atoms with Crippen molar-refractivity contribution in [2.24, 2.45) is 0 Å². The molecule has 0 radical (unpaired) electrons. The molecule has 1 aromatic rings. The van der Waals surface area contributed by atoms with E-state index in [-0.39, 0.29) is 6.09 Å². The average Bonchev–Trinajstić information content (AvgIpc) is 2.90. The first-order valence-electron chi connectivity index (χ1n) is 8.03. The molecule has 0 bridgehead atoms. The van der Waals surface area contributed by atoms with Gasteiger partial charge in [0, 0.05) is 18.7 Å². The Morgan fingerprint density at radius 1 is 1.35 bits per heavy atom. The molecule has 1 amide bonds. The molecule has 0 unspecified atom stereocenters. The number of carbonyl (C=O) groups excluding carboxylic acids is 1. The van der Waals surface area contributed by atoms with E-state index in [1.165, 1.54) is 6.33 Å². The van der Waals surface area contributed by atoms with E-state index in [0.29, 0.717) is 39.0 Å². The summed E-state index contributed by atoms with van der Waals surface area (Å²) in [7, 11) is 0.